The maximum absolute atomic E-state index is 2.53. The highest BCUT2D eigenvalue weighted by Gasteiger charge is 2.46. The molecule has 17 heavy (non-hydrogen) atoms. The first-order valence-electron chi connectivity index (χ1n) is 7.62. The van der Waals surface area contributed by atoms with Gasteiger partial charge in [0.05, 0.1) is 0 Å². The predicted octanol–water partition coefficient (Wildman–Crippen LogP) is 3.80. The molecule has 0 fully saturated rings. The first kappa shape index (κ1) is 17.1. The minimum atomic E-state index is 0.378. The Morgan fingerprint density at radius 2 is 1.12 bits per heavy atom. The summed E-state index contributed by atoms with van der Waals surface area (Å²) in [5.74, 6) is 0. The van der Waals surface area contributed by atoms with Gasteiger partial charge in [-0.25, -0.2) is 0 Å². The SMILES string of the molecule is BC(B)(C(C)(C)C)C(C)(CCCC)CCCC. The number of hydrogen-bond acceptors (Lipinski definition) is 0. The average Bonchev–Trinajstić information content (AvgIpc) is 2.21. The third kappa shape index (κ3) is 4.07. The van der Waals surface area contributed by atoms with Crippen molar-refractivity contribution in [3.8, 4) is 0 Å². The maximum atomic E-state index is 2.53. The van der Waals surface area contributed by atoms with Crippen LogP contribution in [0.5, 0.6) is 0 Å². The molecular formula is C15H34B2. The molecule has 0 bridgehead atoms. The van der Waals surface area contributed by atoms with Crippen LogP contribution in [0.4, 0.5) is 0 Å². The lowest BCUT2D eigenvalue weighted by molar-refractivity contribution is 0.128. The van der Waals surface area contributed by atoms with E-state index in [-0.39, 0.29) is 0 Å². The highest BCUT2D eigenvalue weighted by atomic mass is 14.4. The van der Waals surface area contributed by atoms with Gasteiger partial charge in [-0.15, -0.1) is 0 Å². The van der Waals surface area contributed by atoms with Crippen LogP contribution in [0.25, 0.3) is 0 Å². The van der Waals surface area contributed by atoms with E-state index in [0.717, 1.165) is 0 Å². The van der Waals surface area contributed by atoms with E-state index in [2.05, 4.69) is 57.2 Å². The second-order valence-corrected chi connectivity index (χ2v) is 7.64. The van der Waals surface area contributed by atoms with Gasteiger partial charge in [0.1, 0.15) is 15.7 Å². The van der Waals surface area contributed by atoms with Crippen LogP contribution in [0.15, 0.2) is 0 Å². The van der Waals surface area contributed by atoms with Crippen molar-refractivity contribution in [2.75, 3.05) is 0 Å². The standard InChI is InChI=1S/C15H34B2/c1-7-9-11-14(6,12-10-8-2)15(16,17)13(3,4)5/h7-12,16-17H2,1-6H3. The molecule has 0 nitrogen and oxygen atoms in total. The number of hydrogen-bond donors (Lipinski definition) is 0. The summed E-state index contributed by atoms with van der Waals surface area (Å²) >= 11 is 0. The first-order chi connectivity index (χ1) is 7.62. The zero-order chi connectivity index (χ0) is 13.7. The normalized spacial score (nSPS) is 14.0. The van der Waals surface area contributed by atoms with Gasteiger partial charge in [0.2, 0.25) is 0 Å². The van der Waals surface area contributed by atoms with E-state index in [1.54, 1.807) is 0 Å². The summed E-state index contributed by atoms with van der Waals surface area (Å²) in [6, 6.07) is 0. The van der Waals surface area contributed by atoms with Crippen LogP contribution >= 0.6 is 0 Å². The summed E-state index contributed by atoms with van der Waals surface area (Å²) in [6.45, 7) is 14.4. The molecule has 0 amide bonds. The zero-order valence-electron chi connectivity index (χ0n) is 13.7. The Kier molecular flexibility index (Phi) is 6.39. The summed E-state index contributed by atoms with van der Waals surface area (Å²) < 4.78 is 0. The minimum Gasteiger partial charge on any atom is -0.0747 e. The molecule has 0 aromatic carbocycles. The Hall–Kier alpha value is 0.130. The van der Waals surface area contributed by atoms with E-state index >= 15 is 0 Å². The molecule has 0 aliphatic rings. The van der Waals surface area contributed by atoms with Crippen LogP contribution in [-0.4, -0.2) is 15.7 Å². The Morgan fingerprint density at radius 1 is 0.765 bits per heavy atom. The van der Waals surface area contributed by atoms with E-state index in [0.29, 0.717) is 16.0 Å². The van der Waals surface area contributed by atoms with Gasteiger partial charge in [0, 0.05) is 0 Å². The van der Waals surface area contributed by atoms with Crippen molar-refractivity contribution < 1.29 is 0 Å². The maximum Gasteiger partial charge on any atom is 0.101 e. The molecule has 0 aromatic heterocycles. The van der Waals surface area contributed by atoms with E-state index in [1.807, 2.05) is 0 Å². The molecule has 0 N–H and O–H groups in total. The number of unbranched alkanes of at least 4 members (excludes halogenated alkanes) is 2. The highest BCUT2D eigenvalue weighted by Crippen LogP contribution is 2.57. The molecule has 0 saturated carbocycles. The molecule has 0 atom stereocenters. The zero-order valence-corrected chi connectivity index (χ0v) is 13.7. The van der Waals surface area contributed by atoms with Crippen LogP contribution < -0.4 is 0 Å². The minimum absolute atomic E-state index is 0.378. The van der Waals surface area contributed by atoms with Crippen molar-refractivity contribution in [3.63, 3.8) is 0 Å². The van der Waals surface area contributed by atoms with E-state index < -0.39 is 0 Å². The third-order valence-corrected chi connectivity index (χ3v) is 5.55. The molecular weight excluding hydrogens is 202 g/mol. The predicted molar refractivity (Wildman–Crippen MR) is 86.4 cm³/mol. The van der Waals surface area contributed by atoms with Crippen LogP contribution in [0, 0.1) is 10.8 Å². The summed E-state index contributed by atoms with van der Waals surface area (Å²) in [6.07, 6.45) is 8.16. The Balaban J connectivity index is 5.00. The van der Waals surface area contributed by atoms with Gasteiger partial charge in [0.15, 0.2) is 0 Å². The topological polar surface area (TPSA) is 0 Å². The fourth-order valence-corrected chi connectivity index (χ4v) is 2.79. The fourth-order valence-electron chi connectivity index (χ4n) is 2.79. The molecule has 0 aliphatic heterocycles. The first-order valence-corrected chi connectivity index (χ1v) is 7.62. The van der Waals surface area contributed by atoms with Crippen LogP contribution in [0.1, 0.15) is 80.1 Å². The lowest BCUT2D eigenvalue weighted by atomic mass is 9.33. The van der Waals surface area contributed by atoms with Crippen LogP contribution in [0.3, 0.4) is 0 Å². The third-order valence-electron chi connectivity index (χ3n) is 5.55. The molecule has 0 heterocycles. The molecule has 2 heteroatoms. The highest BCUT2D eigenvalue weighted by molar-refractivity contribution is 6.41. The van der Waals surface area contributed by atoms with Crippen molar-refractivity contribution in [2.45, 2.75) is 85.3 Å². The molecule has 0 aromatic rings. The van der Waals surface area contributed by atoms with Crippen molar-refractivity contribution in [3.05, 3.63) is 0 Å². The molecule has 0 rings (SSSR count). The van der Waals surface area contributed by atoms with Crippen molar-refractivity contribution in [1.29, 1.82) is 0 Å². The summed E-state index contributed by atoms with van der Waals surface area (Å²) in [5, 5.41) is 0.393. The molecule has 0 saturated heterocycles. The van der Waals surface area contributed by atoms with Gasteiger partial charge in [-0.2, -0.15) is 0 Å². The van der Waals surface area contributed by atoms with Crippen molar-refractivity contribution in [2.24, 2.45) is 10.8 Å². The molecule has 0 spiro atoms. The lowest BCUT2D eigenvalue weighted by Gasteiger charge is -2.53. The largest absolute Gasteiger partial charge is 0.101 e. The van der Waals surface area contributed by atoms with E-state index in [1.165, 1.54) is 38.5 Å². The fraction of sp³-hybridized carbons (Fsp3) is 1.00. The van der Waals surface area contributed by atoms with Gasteiger partial charge in [-0.05, 0) is 23.7 Å². The number of rotatable bonds is 7. The smallest absolute Gasteiger partial charge is 0.0747 e. The summed E-state index contributed by atoms with van der Waals surface area (Å²) in [7, 11) is 4.97. The van der Waals surface area contributed by atoms with Gasteiger partial charge in [0.25, 0.3) is 0 Å². The Labute approximate surface area is 112 Å². The summed E-state index contributed by atoms with van der Waals surface area (Å²) in [4.78, 5) is 0. The second-order valence-electron chi connectivity index (χ2n) is 7.64. The van der Waals surface area contributed by atoms with Gasteiger partial charge >= 0.3 is 0 Å². The Morgan fingerprint density at radius 3 is 1.35 bits per heavy atom. The van der Waals surface area contributed by atoms with E-state index in [9.17, 15) is 0 Å². The van der Waals surface area contributed by atoms with Crippen LogP contribution in [0.2, 0.25) is 5.21 Å². The van der Waals surface area contributed by atoms with Crippen LogP contribution in [-0.2, 0) is 0 Å². The monoisotopic (exact) mass is 236 g/mol. The summed E-state index contributed by atoms with van der Waals surface area (Å²) in [5.41, 5.74) is 0.862. The Bertz CT molecular complexity index is 205. The molecule has 0 aliphatic carbocycles. The van der Waals surface area contributed by atoms with Crippen molar-refractivity contribution >= 4 is 15.7 Å². The molecule has 0 radical (unpaired) electrons. The van der Waals surface area contributed by atoms with Gasteiger partial charge in [-0.1, -0.05) is 72.4 Å². The molecule has 100 valence electrons. The van der Waals surface area contributed by atoms with Crippen molar-refractivity contribution in [1.82, 2.24) is 0 Å². The lowest BCUT2D eigenvalue weighted by Crippen LogP contribution is -2.44. The second kappa shape index (κ2) is 6.34. The van der Waals surface area contributed by atoms with Gasteiger partial charge < -0.3 is 0 Å². The van der Waals surface area contributed by atoms with Gasteiger partial charge in [-0.3, -0.25) is 0 Å². The van der Waals surface area contributed by atoms with E-state index in [4.69, 9.17) is 0 Å². The molecule has 0 unspecified atom stereocenters. The average molecular weight is 236 g/mol. The quantitative estimate of drug-likeness (QED) is 0.589.